The minimum atomic E-state index is -0.207. The molecule has 2 heterocycles. The van der Waals surface area contributed by atoms with Gasteiger partial charge in [-0.15, -0.1) is 0 Å². The molecule has 0 aromatic carbocycles. The van der Waals surface area contributed by atoms with Gasteiger partial charge in [-0.25, -0.2) is 4.98 Å². The van der Waals surface area contributed by atoms with Gasteiger partial charge in [-0.3, -0.25) is 9.20 Å². The zero-order chi connectivity index (χ0) is 13.8. The van der Waals surface area contributed by atoms with Gasteiger partial charge in [0.1, 0.15) is 10.3 Å². The lowest BCUT2D eigenvalue weighted by atomic mass is 10.2. The largest absolute Gasteiger partial charge is 0.396 e. The number of amides is 1. The molecule has 2 aromatic rings. The number of aliphatic hydroxyl groups is 1. The van der Waals surface area contributed by atoms with Gasteiger partial charge in [-0.2, -0.15) is 0 Å². The average Bonchev–Trinajstić information content (AvgIpc) is 2.74. The van der Waals surface area contributed by atoms with E-state index in [-0.39, 0.29) is 18.6 Å². The third kappa shape index (κ3) is 3.13. The smallest absolute Gasteiger partial charge is 0.272 e. The van der Waals surface area contributed by atoms with E-state index in [2.05, 4.69) is 26.2 Å². The van der Waals surface area contributed by atoms with Crippen LogP contribution < -0.4 is 5.32 Å². The summed E-state index contributed by atoms with van der Waals surface area (Å²) in [5.41, 5.74) is 1.10. The van der Waals surface area contributed by atoms with Crippen LogP contribution in [-0.4, -0.2) is 33.0 Å². The zero-order valence-electron chi connectivity index (χ0n) is 10.6. The van der Waals surface area contributed by atoms with Crippen molar-refractivity contribution in [2.45, 2.75) is 25.8 Å². The fraction of sp³-hybridized carbons (Fsp3) is 0.385. The summed E-state index contributed by atoms with van der Waals surface area (Å²) < 4.78 is 2.46. The molecule has 0 radical (unpaired) electrons. The van der Waals surface area contributed by atoms with Gasteiger partial charge in [0.25, 0.3) is 5.91 Å². The molecule has 0 aliphatic rings. The molecule has 1 unspecified atom stereocenters. The van der Waals surface area contributed by atoms with Crippen molar-refractivity contribution in [1.82, 2.24) is 14.7 Å². The summed E-state index contributed by atoms with van der Waals surface area (Å²) >= 11 is 3.39. The molecule has 6 heteroatoms. The molecule has 102 valence electrons. The monoisotopic (exact) mass is 325 g/mol. The third-order valence-electron chi connectivity index (χ3n) is 2.86. The normalized spacial score (nSPS) is 12.6. The van der Waals surface area contributed by atoms with Crippen molar-refractivity contribution in [3.8, 4) is 0 Å². The second-order valence-corrected chi connectivity index (χ2v) is 5.17. The Morgan fingerprint density at radius 3 is 3.05 bits per heavy atom. The van der Waals surface area contributed by atoms with E-state index in [0.29, 0.717) is 16.7 Å². The Morgan fingerprint density at radius 1 is 1.58 bits per heavy atom. The minimum Gasteiger partial charge on any atom is -0.396 e. The van der Waals surface area contributed by atoms with E-state index in [1.165, 1.54) is 0 Å². The minimum absolute atomic E-state index is 0.0105. The summed E-state index contributed by atoms with van der Waals surface area (Å²) in [6, 6.07) is 5.61. The van der Waals surface area contributed by atoms with Crippen LogP contribution in [-0.2, 0) is 0 Å². The van der Waals surface area contributed by atoms with Crippen LogP contribution in [0, 0.1) is 0 Å². The highest BCUT2D eigenvalue weighted by atomic mass is 79.9. The van der Waals surface area contributed by atoms with Gasteiger partial charge in [0.15, 0.2) is 5.69 Å². The van der Waals surface area contributed by atoms with Crippen molar-refractivity contribution in [3.63, 3.8) is 0 Å². The summed E-state index contributed by atoms with van der Waals surface area (Å²) in [6.45, 7) is 2.05. The summed E-state index contributed by atoms with van der Waals surface area (Å²) in [7, 11) is 0. The van der Waals surface area contributed by atoms with Crippen LogP contribution in [0.25, 0.3) is 5.65 Å². The van der Waals surface area contributed by atoms with Crippen LogP contribution in [0.4, 0.5) is 0 Å². The number of hydrogen-bond acceptors (Lipinski definition) is 3. The van der Waals surface area contributed by atoms with Crippen LogP contribution >= 0.6 is 15.9 Å². The number of aromatic nitrogens is 2. The van der Waals surface area contributed by atoms with Crippen LogP contribution in [0.5, 0.6) is 0 Å². The highest BCUT2D eigenvalue weighted by Gasteiger charge is 2.18. The predicted octanol–water partition coefficient (Wildman–Crippen LogP) is 1.99. The number of aliphatic hydroxyl groups excluding tert-OH is 1. The molecule has 0 bridgehead atoms. The van der Waals surface area contributed by atoms with E-state index in [4.69, 9.17) is 5.11 Å². The number of hydrogen-bond donors (Lipinski definition) is 2. The van der Waals surface area contributed by atoms with E-state index >= 15 is 0 Å². The maximum Gasteiger partial charge on any atom is 0.272 e. The molecule has 2 rings (SSSR count). The predicted molar refractivity (Wildman–Crippen MR) is 76.1 cm³/mol. The summed E-state index contributed by atoms with van der Waals surface area (Å²) in [5, 5.41) is 11.6. The van der Waals surface area contributed by atoms with Crippen molar-refractivity contribution in [2.75, 3.05) is 6.61 Å². The summed E-state index contributed by atoms with van der Waals surface area (Å²) in [6.07, 6.45) is 3.26. The molecule has 1 amide bonds. The standard InChI is InChI=1S/C13H16BrN3O2/c1-9(5-4-8-18)15-13(19)11-12(14)17-7-3-2-6-10(17)16-11/h2-3,6-7,9,18H,4-5,8H2,1H3,(H,15,19). The van der Waals surface area contributed by atoms with Crippen LogP contribution in [0.15, 0.2) is 29.0 Å². The molecule has 2 N–H and O–H groups in total. The molecule has 0 aliphatic carbocycles. The molecule has 19 heavy (non-hydrogen) atoms. The number of nitrogens with one attached hydrogen (secondary N) is 1. The Balaban J connectivity index is 2.15. The maximum absolute atomic E-state index is 12.1. The molecule has 0 saturated heterocycles. The first kappa shape index (κ1) is 14.0. The average molecular weight is 326 g/mol. The highest BCUT2D eigenvalue weighted by Crippen LogP contribution is 2.18. The van der Waals surface area contributed by atoms with Crippen LogP contribution in [0.1, 0.15) is 30.3 Å². The van der Waals surface area contributed by atoms with Gasteiger partial charge >= 0.3 is 0 Å². The van der Waals surface area contributed by atoms with Crippen molar-refractivity contribution in [1.29, 1.82) is 0 Å². The highest BCUT2D eigenvalue weighted by molar-refractivity contribution is 9.10. The number of nitrogens with zero attached hydrogens (tertiary/aromatic N) is 2. The van der Waals surface area contributed by atoms with Gasteiger partial charge in [0, 0.05) is 18.8 Å². The van der Waals surface area contributed by atoms with Crippen molar-refractivity contribution in [2.24, 2.45) is 0 Å². The molecule has 0 fully saturated rings. The van der Waals surface area contributed by atoms with E-state index in [1.807, 2.05) is 35.7 Å². The van der Waals surface area contributed by atoms with E-state index < -0.39 is 0 Å². The van der Waals surface area contributed by atoms with Crippen LogP contribution in [0.2, 0.25) is 0 Å². The van der Waals surface area contributed by atoms with Crippen molar-refractivity contribution in [3.05, 3.63) is 34.7 Å². The number of carbonyl (C=O) groups is 1. The lowest BCUT2D eigenvalue weighted by Crippen LogP contribution is -2.33. The Hall–Kier alpha value is -1.40. The Kier molecular flexibility index (Phi) is 4.55. The third-order valence-corrected chi connectivity index (χ3v) is 3.62. The van der Waals surface area contributed by atoms with E-state index in [0.717, 1.165) is 12.1 Å². The number of halogens is 1. The molecular formula is C13H16BrN3O2. The molecule has 0 spiro atoms. The van der Waals surface area contributed by atoms with Crippen molar-refractivity contribution >= 4 is 27.5 Å². The number of carbonyl (C=O) groups excluding carboxylic acids is 1. The number of imidazole rings is 1. The van der Waals surface area contributed by atoms with Gasteiger partial charge in [0.2, 0.25) is 0 Å². The second-order valence-electron chi connectivity index (χ2n) is 4.42. The first-order valence-electron chi connectivity index (χ1n) is 6.17. The Morgan fingerprint density at radius 2 is 2.37 bits per heavy atom. The quantitative estimate of drug-likeness (QED) is 0.883. The summed E-state index contributed by atoms with van der Waals surface area (Å²) in [5.74, 6) is -0.207. The molecule has 1 atom stereocenters. The lowest BCUT2D eigenvalue weighted by Gasteiger charge is -2.12. The molecule has 5 nitrogen and oxygen atoms in total. The number of fused-ring (bicyclic) bond motifs is 1. The Bertz CT molecular complexity index is 582. The van der Waals surface area contributed by atoms with Gasteiger partial charge in [-0.1, -0.05) is 6.07 Å². The second kappa shape index (κ2) is 6.16. The van der Waals surface area contributed by atoms with E-state index in [9.17, 15) is 4.79 Å². The summed E-state index contributed by atoms with van der Waals surface area (Å²) in [4.78, 5) is 16.4. The zero-order valence-corrected chi connectivity index (χ0v) is 12.2. The van der Waals surface area contributed by atoms with Gasteiger partial charge in [-0.05, 0) is 47.8 Å². The first-order chi connectivity index (χ1) is 9.13. The van der Waals surface area contributed by atoms with Crippen molar-refractivity contribution < 1.29 is 9.90 Å². The fourth-order valence-corrected chi connectivity index (χ4v) is 2.44. The molecule has 2 aromatic heterocycles. The number of pyridine rings is 1. The van der Waals surface area contributed by atoms with Gasteiger partial charge in [0.05, 0.1) is 0 Å². The fourth-order valence-electron chi connectivity index (χ4n) is 1.87. The molecule has 0 saturated carbocycles. The van der Waals surface area contributed by atoms with Crippen LogP contribution in [0.3, 0.4) is 0 Å². The first-order valence-corrected chi connectivity index (χ1v) is 6.97. The van der Waals surface area contributed by atoms with Gasteiger partial charge < -0.3 is 10.4 Å². The lowest BCUT2D eigenvalue weighted by molar-refractivity contribution is 0.0931. The number of rotatable bonds is 5. The molecular weight excluding hydrogens is 310 g/mol. The topological polar surface area (TPSA) is 66.6 Å². The van der Waals surface area contributed by atoms with E-state index in [1.54, 1.807) is 0 Å². The maximum atomic E-state index is 12.1. The molecule has 0 aliphatic heterocycles. The Labute approximate surface area is 119 Å². The SMILES string of the molecule is CC(CCCO)NC(=O)c1nc2ccccn2c1Br.